The number of hydrogen-bond donors (Lipinski definition) is 2. The van der Waals surface area contributed by atoms with Crippen molar-refractivity contribution in [2.45, 2.75) is 32.9 Å². The maximum Gasteiger partial charge on any atom is 0.0929 e. The standard InChI is InChI=1S/C10H15BrN6S/c1-3-17-9(10(11)6(2)15-17)4-7(14-12)8-5-13-18-16-8/h5,7,14H,3-4,12H2,1-2H3. The van der Waals surface area contributed by atoms with Crippen LogP contribution in [0.5, 0.6) is 0 Å². The van der Waals surface area contributed by atoms with E-state index in [1.54, 1.807) is 6.20 Å². The van der Waals surface area contributed by atoms with Crippen molar-refractivity contribution >= 4 is 27.7 Å². The monoisotopic (exact) mass is 330 g/mol. The van der Waals surface area contributed by atoms with Crippen LogP contribution in [-0.2, 0) is 13.0 Å². The summed E-state index contributed by atoms with van der Waals surface area (Å²) >= 11 is 4.76. The largest absolute Gasteiger partial charge is 0.271 e. The van der Waals surface area contributed by atoms with Crippen LogP contribution in [0.15, 0.2) is 10.7 Å². The van der Waals surface area contributed by atoms with Crippen LogP contribution in [0.2, 0.25) is 0 Å². The number of nitrogens with two attached hydrogens (primary N) is 1. The third-order valence-corrected chi connectivity index (χ3v) is 4.31. The van der Waals surface area contributed by atoms with Crippen LogP contribution in [0.25, 0.3) is 0 Å². The first-order valence-corrected chi connectivity index (χ1v) is 7.15. The maximum absolute atomic E-state index is 5.60. The van der Waals surface area contributed by atoms with Gasteiger partial charge in [0.2, 0.25) is 0 Å². The molecular formula is C10H15BrN6S. The summed E-state index contributed by atoms with van der Waals surface area (Å²) in [6.07, 6.45) is 2.46. The van der Waals surface area contributed by atoms with E-state index in [0.717, 1.165) is 34.5 Å². The van der Waals surface area contributed by atoms with Gasteiger partial charge in [-0.15, -0.1) is 0 Å². The van der Waals surface area contributed by atoms with Gasteiger partial charge in [-0.25, -0.2) is 0 Å². The summed E-state index contributed by atoms with van der Waals surface area (Å²) in [5, 5.41) is 4.47. The van der Waals surface area contributed by atoms with E-state index in [2.05, 4.69) is 42.1 Å². The summed E-state index contributed by atoms with van der Waals surface area (Å²) in [5.74, 6) is 5.60. The minimum atomic E-state index is -0.0542. The van der Waals surface area contributed by atoms with Crippen molar-refractivity contribution in [3.05, 3.63) is 27.8 Å². The highest BCUT2D eigenvalue weighted by Gasteiger charge is 2.19. The first-order chi connectivity index (χ1) is 8.67. The average Bonchev–Trinajstić information content (AvgIpc) is 2.98. The lowest BCUT2D eigenvalue weighted by Crippen LogP contribution is -2.30. The van der Waals surface area contributed by atoms with Gasteiger partial charge in [-0.3, -0.25) is 16.0 Å². The van der Waals surface area contributed by atoms with Crippen molar-refractivity contribution in [3.8, 4) is 0 Å². The predicted molar refractivity (Wildman–Crippen MR) is 74.0 cm³/mol. The number of hydrazine groups is 1. The fourth-order valence-corrected chi connectivity index (χ4v) is 2.75. The van der Waals surface area contributed by atoms with Crippen molar-refractivity contribution < 1.29 is 0 Å². The lowest BCUT2D eigenvalue weighted by molar-refractivity contribution is 0.509. The van der Waals surface area contributed by atoms with Gasteiger partial charge in [0, 0.05) is 13.0 Å². The molecule has 0 fully saturated rings. The van der Waals surface area contributed by atoms with Crippen LogP contribution in [0, 0.1) is 6.92 Å². The van der Waals surface area contributed by atoms with Crippen molar-refractivity contribution in [1.29, 1.82) is 0 Å². The molecule has 0 aliphatic heterocycles. The molecule has 1 atom stereocenters. The highest BCUT2D eigenvalue weighted by molar-refractivity contribution is 9.10. The van der Waals surface area contributed by atoms with E-state index in [1.165, 1.54) is 11.7 Å². The minimum absolute atomic E-state index is 0.0542. The normalized spacial score (nSPS) is 12.9. The van der Waals surface area contributed by atoms with Crippen molar-refractivity contribution in [1.82, 2.24) is 24.0 Å². The molecule has 0 amide bonds. The first-order valence-electron chi connectivity index (χ1n) is 5.62. The Kier molecular flexibility index (Phi) is 4.44. The molecule has 0 bridgehead atoms. The van der Waals surface area contributed by atoms with E-state index in [9.17, 15) is 0 Å². The number of aryl methyl sites for hydroxylation is 2. The van der Waals surface area contributed by atoms with E-state index < -0.39 is 0 Å². The van der Waals surface area contributed by atoms with Crippen molar-refractivity contribution in [2.75, 3.05) is 0 Å². The Balaban J connectivity index is 2.27. The second-order valence-corrected chi connectivity index (χ2v) is 5.27. The summed E-state index contributed by atoms with van der Waals surface area (Å²) in [7, 11) is 0. The molecule has 2 heterocycles. The van der Waals surface area contributed by atoms with Gasteiger partial charge in [0.15, 0.2) is 0 Å². The van der Waals surface area contributed by atoms with Crippen LogP contribution < -0.4 is 11.3 Å². The number of rotatable bonds is 5. The zero-order valence-electron chi connectivity index (χ0n) is 10.2. The Morgan fingerprint density at radius 2 is 2.39 bits per heavy atom. The number of nitrogens with zero attached hydrogens (tertiary/aromatic N) is 4. The van der Waals surface area contributed by atoms with Gasteiger partial charge in [-0.1, -0.05) is 0 Å². The Hall–Kier alpha value is -0.830. The molecule has 0 aliphatic rings. The SMILES string of the molecule is CCn1nc(C)c(Br)c1CC(NN)c1cnsn1. The molecule has 1 unspecified atom stereocenters. The van der Waals surface area contributed by atoms with E-state index in [-0.39, 0.29) is 6.04 Å². The zero-order valence-corrected chi connectivity index (χ0v) is 12.6. The summed E-state index contributed by atoms with van der Waals surface area (Å²) in [6.45, 7) is 4.88. The predicted octanol–water partition coefficient (Wildman–Crippen LogP) is 1.57. The molecule has 8 heteroatoms. The number of nitrogens with one attached hydrogen (secondary N) is 1. The molecule has 0 spiro atoms. The van der Waals surface area contributed by atoms with Gasteiger partial charge < -0.3 is 0 Å². The maximum atomic E-state index is 5.60. The summed E-state index contributed by atoms with van der Waals surface area (Å²) in [5.41, 5.74) is 5.74. The highest BCUT2D eigenvalue weighted by atomic mass is 79.9. The Morgan fingerprint density at radius 1 is 1.61 bits per heavy atom. The van der Waals surface area contributed by atoms with Gasteiger partial charge in [0.1, 0.15) is 0 Å². The highest BCUT2D eigenvalue weighted by Crippen LogP contribution is 2.25. The van der Waals surface area contributed by atoms with E-state index in [4.69, 9.17) is 5.84 Å². The summed E-state index contributed by atoms with van der Waals surface area (Å²) in [4.78, 5) is 0. The molecule has 2 rings (SSSR count). The number of halogens is 1. The minimum Gasteiger partial charge on any atom is -0.271 e. The second kappa shape index (κ2) is 5.87. The molecule has 6 nitrogen and oxygen atoms in total. The lowest BCUT2D eigenvalue weighted by atomic mass is 10.1. The van der Waals surface area contributed by atoms with E-state index >= 15 is 0 Å². The fraction of sp³-hybridized carbons (Fsp3) is 0.500. The van der Waals surface area contributed by atoms with Crippen LogP contribution in [0.3, 0.4) is 0 Å². The third kappa shape index (κ3) is 2.61. The van der Waals surface area contributed by atoms with Crippen LogP contribution >= 0.6 is 27.7 Å². The number of aromatic nitrogens is 4. The first kappa shape index (κ1) is 13.6. The molecular weight excluding hydrogens is 316 g/mol. The number of hydrogen-bond acceptors (Lipinski definition) is 6. The topological polar surface area (TPSA) is 81.7 Å². The van der Waals surface area contributed by atoms with Crippen molar-refractivity contribution in [3.63, 3.8) is 0 Å². The molecule has 0 saturated heterocycles. The Labute approximate surface area is 118 Å². The molecule has 0 saturated carbocycles. The second-order valence-electron chi connectivity index (χ2n) is 3.92. The molecule has 98 valence electrons. The molecule has 0 aromatic carbocycles. The smallest absolute Gasteiger partial charge is 0.0929 e. The van der Waals surface area contributed by atoms with Crippen molar-refractivity contribution in [2.24, 2.45) is 5.84 Å². The summed E-state index contributed by atoms with van der Waals surface area (Å²) in [6, 6.07) is -0.0542. The lowest BCUT2D eigenvalue weighted by Gasteiger charge is -2.14. The molecule has 3 N–H and O–H groups in total. The van der Waals surface area contributed by atoms with Crippen LogP contribution in [0.1, 0.15) is 30.0 Å². The molecule has 0 radical (unpaired) electrons. The van der Waals surface area contributed by atoms with Gasteiger partial charge in [0.25, 0.3) is 0 Å². The molecule has 0 aliphatic carbocycles. The fourth-order valence-electron chi connectivity index (χ4n) is 1.83. The molecule has 18 heavy (non-hydrogen) atoms. The van der Waals surface area contributed by atoms with Gasteiger partial charge in [-0.05, 0) is 29.8 Å². The molecule has 2 aromatic heterocycles. The van der Waals surface area contributed by atoms with E-state index in [0.29, 0.717) is 0 Å². The van der Waals surface area contributed by atoms with Gasteiger partial charge in [-0.2, -0.15) is 13.8 Å². The Bertz CT molecular complexity index is 509. The van der Waals surface area contributed by atoms with Gasteiger partial charge in [0.05, 0.1) is 45.5 Å². The van der Waals surface area contributed by atoms with Gasteiger partial charge >= 0.3 is 0 Å². The average molecular weight is 331 g/mol. The third-order valence-electron chi connectivity index (χ3n) is 2.79. The quantitative estimate of drug-likeness (QED) is 0.642. The van der Waals surface area contributed by atoms with E-state index in [1.807, 2.05) is 11.6 Å². The summed E-state index contributed by atoms with van der Waals surface area (Å²) < 4.78 is 11.2. The zero-order chi connectivity index (χ0) is 13.1. The molecule has 2 aromatic rings. The van der Waals surface area contributed by atoms with Crippen LogP contribution in [-0.4, -0.2) is 18.5 Å². The Morgan fingerprint density at radius 3 is 2.94 bits per heavy atom. The van der Waals surface area contributed by atoms with Crippen LogP contribution in [0.4, 0.5) is 0 Å².